The van der Waals surface area contributed by atoms with E-state index in [1.165, 1.54) is 0 Å². The molecule has 4 nitrogen and oxygen atoms in total. The number of anilines is 1. The van der Waals surface area contributed by atoms with E-state index >= 15 is 0 Å². The first kappa shape index (κ1) is 18.9. The summed E-state index contributed by atoms with van der Waals surface area (Å²) >= 11 is 12.6. The van der Waals surface area contributed by atoms with Gasteiger partial charge in [0.1, 0.15) is 11.5 Å². The number of carbonyl (C=O) groups excluding carboxylic acids is 1. The number of para-hydroxylation sites is 1. The highest BCUT2D eigenvalue weighted by Crippen LogP contribution is 2.34. The third-order valence-corrected chi connectivity index (χ3v) is 5.82. The molecule has 6 heteroatoms. The minimum absolute atomic E-state index is 0.0804. The molecule has 30 heavy (non-hydrogen) atoms. The maximum absolute atomic E-state index is 13.6. The molecule has 148 valence electrons. The van der Waals surface area contributed by atoms with E-state index in [0.717, 1.165) is 22.6 Å². The smallest absolute Gasteiger partial charge is 0.277 e. The molecular formula is C24H17Cl2N3O. The van der Waals surface area contributed by atoms with Gasteiger partial charge in [0.2, 0.25) is 0 Å². The van der Waals surface area contributed by atoms with Gasteiger partial charge in [0.25, 0.3) is 5.91 Å². The van der Waals surface area contributed by atoms with Crippen molar-refractivity contribution in [2.45, 2.75) is 6.42 Å². The lowest BCUT2D eigenvalue weighted by Crippen LogP contribution is -2.38. The summed E-state index contributed by atoms with van der Waals surface area (Å²) in [6.45, 7) is 0.579. The molecule has 1 amide bonds. The van der Waals surface area contributed by atoms with Crippen LogP contribution in [0, 0.1) is 0 Å². The largest absolute Gasteiger partial charge is 0.307 e. The lowest BCUT2D eigenvalue weighted by atomic mass is 10.1. The van der Waals surface area contributed by atoms with Crippen LogP contribution < -0.4 is 4.90 Å². The summed E-state index contributed by atoms with van der Waals surface area (Å²) in [5.74, 6) is 0.569. The maximum atomic E-state index is 13.6. The van der Waals surface area contributed by atoms with Crippen molar-refractivity contribution >= 4 is 34.8 Å². The Labute approximate surface area is 184 Å². The van der Waals surface area contributed by atoms with E-state index in [1.54, 1.807) is 4.90 Å². The quantitative estimate of drug-likeness (QED) is 0.394. The molecule has 1 aromatic heterocycles. The highest BCUT2D eigenvalue weighted by molar-refractivity contribution is 6.33. The van der Waals surface area contributed by atoms with Crippen molar-refractivity contribution in [3.05, 3.63) is 100 Å². The van der Waals surface area contributed by atoms with Gasteiger partial charge in [0.15, 0.2) is 0 Å². The first-order valence-electron chi connectivity index (χ1n) is 9.63. The molecule has 0 saturated carbocycles. The number of hydrogen-bond acceptors (Lipinski definition) is 2. The maximum Gasteiger partial charge on any atom is 0.277 e. The van der Waals surface area contributed by atoms with Gasteiger partial charge in [-0.1, -0.05) is 53.5 Å². The first-order valence-corrected chi connectivity index (χ1v) is 10.4. The zero-order valence-corrected chi connectivity index (χ0v) is 17.4. The Hall–Kier alpha value is -3.08. The van der Waals surface area contributed by atoms with Crippen LogP contribution in [-0.4, -0.2) is 22.0 Å². The fraction of sp³-hybridized carbons (Fsp3) is 0.0833. The van der Waals surface area contributed by atoms with Gasteiger partial charge in [-0.25, -0.2) is 4.98 Å². The van der Waals surface area contributed by atoms with Crippen LogP contribution in [0.2, 0.25) is 10.0 Å². The number of halogens is 2. The van der Waals surface area contributed by atoms with E-state index in [-0.39, 0.29) is 5.91 Å². The Balaban J connectivity index is 1.73. The topological polar surface area (TPSA) is 38.1 Å². The summed E-state index contributed by atoms with van der Waals surface area (Å²) in [7, 11) is 0. The fourth-order valence-electron chi connectivity index (χ4n) is 3.83. The van der Waals surface area contributed by atoms with Crippen LogP contribution in [0.25, 0.3) is 17.1 Å². The van der Waals surface area contributed by atoms with Gasteiger partial charge < -0.3 is 4.90 Å². The van der Waals surface area contributed by atoms with E-state index < -0.39 is 0 Å². The molecular weight excluding hydrogens is 417 g/mol. The third kappa shape index (κ3) is 3.18. The molecule has 0 spiro atoms. The van der Waals surface area contributed by atoms with E-state index in [4.69, 9.17) is 28.2 Å². The normalized spacial score (nSPS) is 13.4. The molecule has 1 aliphatic rings. The number of rotatable bonds is 3. The summed E-state index contributed by atoms with van der Waals surface area (Å²) < 4.78 is 1.89. The molecule has 4 aromatic rings. The van der Waals surface area contributed by atoms with Crippen LogP contribution >= 0.6 is 23.2 Å². The number of nitrogens with zero attached hydrogens (tertiary/aromatic N) is 3. The number of aromatic nitrogens is 2. The van der Waals surface area contributed by atoms with Gasteiger partial charge in [0.05, 0.1) is 10.7 Å². The van der Waals surface area contributed by atoms with Gasteiger partial charge in [-0.05, 0) is 48.5 Å². The van der Waals surface area contributed by atoms with Crippen LogP contribution in [0.1, 0.15) is 16.2 Å². The highest BCUT2D eigenvalue weighted by Gasteiger charge is 2.33. The Morgan fingerprint density at radius 3 is 2.23 bits per heavy atom. The van der Waals surface area contributed by atoms with Crippen molar-refractivity contribution in [2.24, 2.45) is 0 Å². The van der Waals surface area contributed by atoms with E-state index in [9.17, 15) is 4.79 Å². The third-order valence-electron chi connectivity index (χ3n) is 5.24. The van der Waals surface area contributed by atoms with E-state index in [2.05, 4.69) is 0 Å². The minimum Gasteiger partial charge on any atom is -0.307 e. The summed E-state index contributed by atoms with van der Waals surface area (Å²) in [6, 6.07) is 24.6. The van der Waals surface area contributed by atoms with E-state index in [1.807, 2.05) is 83.4 Å². The summed E-state index contributed by atoms with van der Waals surface area (Å²) in [5.41, 5.74) is 3.80. The molecule has 1 aliphatic heterocycles. The van der Waals surface area contributed by atoms with Gasteiger partial charge >= 0.3 is 0 Å². The molecule has 0 N–H and O–H groups in total. The molecule has 0 saturated heterocycles. The van der Waals surface area contributed by atoms with Crippen LogP contribution in [0.5, 0.6) is 0 Å². The Kier molecular flexibility index (Phi) is 4.81. The molecule has 0 radical (unpaired) electrons. The van der Waals surface area contributed by atoms with Gasteiger partial charge in [-0.2, -0.15) is 0 Å². The Morgan fingerprint density at radius 1 is 0.800 bits per heavy atom. The molecule has 0 fully saturated rings. The van der Waals surface area contributed by atoms with Crippen molar-refractivity contribution in [3.63, 3.8) is 0 Å². The zero-order valence-electron chi connectivity index (χ0n) is 15.9. The second-order valence-corrected chi connectivity index (χ2v) is 7.91. The number of carbonyl (C=O) groups is 1. The molecule has 0 atom stereocenters. The van der Waals surface area contributed by atoms with Gasteiger partial charge in [-0.3, -0.25) is 9.36 Å². The SMILES string of the molecule is O=C1c2c(nc(-c3ccccc3Cl)n2-c2ccc(Cl)cc2)CCN1c1ccccc1. The van der Waals surface area contributed by atoms with Gasteiger partial charge in [-0.15, -0.1) is 0 Å². The van der Waals surface area contributed by atoms with Crippen LogP contribution in [0.3, 0.4) is 0 Å². The number of benzene rings is 3. The number of hydrogen-bond donors (Lipinski definition) is 0. The number of imidazole rings is 1. The van der Waals surface area contributed by atoms with Crippen molar-refractivity contribution in [2.75, 3.05) is 11.4 Å². The standard InChI is InChI=1S/C24H17Cl2N3O/c25-16-10-12-18(13-11-16)29-22-21(27-23(29)19-8-4-5-9-20(19)26)14-15-28(24(22)30)17-6-2-1-3-7-17/h1-13H,14-15H2. The van der Waals surface area contributed by atoms with Crippen molar-refractivity contribution in [1.82, 2.24) is 9.55 Å². The van der Waals surface area contributed by atoms with Crippen molar-refractivity contribution in [3.8, 4) is 17.1 Å². The lowest BCUT2D eigenvalue weighted by Gasteiger charge is -2.27. The van der Waals surface area contributed by atoms with Crippen LogP contribution in [0.4, 0.5) is 5.69 Å². The molecule has 3 aromatic carbocycles. The highest BCUT2D eigenvalue weighted by atomic mass is 35.5. The minimum atomic E-state index is -0.0804. The fourth-order valence-corrected chi connectivity index (χ4v) is 4.17. The predicted octanol–water partition coefficient (Wildman–Crippen LogP) is 6.05. The summed E-state index contributed by atoms with van der Waals surface area (Å²) in [4.78, 5) is 20.3. The summed E-state index contributed by atoms with van der Waals surface area (Å²) in [6.07, 6.45) is 0.661. The molecule has 2 heterocycles. The van der Waals surface area contributed by atoms with Crippen LogP contribution in [0.15, 0.2) is 78.9 Å². The van der Waals surface area contributed by atoms with Crippen LogP contribution in [-0.2, 0) is 6.42 Å². The lowest BCUT2D eigenvalue weighted by molar-refractivity contribution is 0.0973. The summed E-state index contributed by atoms with van der Waals surface area (Å²) in [5, 5.41) is 1.21. The van der Waals surface area contributed by atoms with E-state index in [0.29, 0.717) is 34.5 Å². The second-order valence-electron chi connectivity index (χ2n) is 7.06. The average Bonchev–Trinajstić information content (AvgIpc) is 3.16. The second kappa shape index (κ2) is 7.63. The first-order chi connectivity index (χ1) is 14.6. The average molecular weight is 434 g/mol. The molecule has 0 unspecified atom stereocenters. The molecule has 0 bridgehead atoms. The molecule has 5 rings (SSSR count). The number of amides is 1. The van der Waals surface area contributed by atoms with Gasteiger partial charge in [0, 0.05) is 34.9 Å². The van der Waals surface area contributed by atoms with Crippen molar-refractivity contribution < 1.29 is 4.79 Å². The zero-order chi connectivity index (χ0) is 20.7. The number of fused-ring (bicyclic) bond motifs is 1. The molecule has 0 aliphatic carbocycles. The Morgan fingerprint density at radius 2 is 1.50 bits per heavy atom. The van der Waals surface area contributed by atoms with Crippen molar-refractivity contribution in [1.29, 1.82) is 0 Å². The Bertz CT molecular complexity index is 1230. The predicted molar refractivity (Wildman–Crippen MR) is 121 cm³/mol. The monoisotopic (exact) mass is 433 g/mol.